The summed E-state index contributed by atoms with van der Waals surface area (Å²) in [5.41, 5.74) is 4.66. The van der Waals surface area contributed by atoms with E-state index in [9.17, 15) is 0 Å². The molecule has 0 aliphatic rings. The fourth-order valence-electron chi connectivity index (χ4n) is 3.26. The molecule has 3 aromatic rings. The average Bonchev–Trinajstić information content (AvgIpc) is 2.65. The van der Waals surface area contributed by atoms with Crippen LogP contribution in [0.4, 0.5) is 0 Å². The first kappa shape index (κ1) is 22.2. The van der Waals surface area contributed by atoms with Crippen molar-refractivity contribution in [2.45, 2.75) is 20.8 Å². The molecule has 0 atom stereocenters. The number of halogens is 6. The maximum Gasteiger partial charge on any atom is 0.252 e. The molecule has 28 heavy (non-hydrogen) atoms. The second kappa shape index (κ2) is 8.68. The van der Waals surface area contributed by atoms with Gasteiger partial charge in [-0.15, -0.1) is 0 Å². The van der Waals surface area contributed by atoms with Gasteiger partial charge < -0.3 is 0 Å². The zero-order chi connectivity index (χ0) is 20.7. The molecule has 0 bridgehead atoms. The van der Waals surface area contributed by atoms with E-state index >= 15 is 0 Å². The van der Waals surface area contributed by atoms with Crippen LogP contribution in [-0.2, 0) is 0 Å². The van der Waals surface area contributed by atoms with Gasteiger partial charge in [-0.1, -0.05) is 87.8 Å². The summed E-state index contributed by atoms with van der Waals surface area (Å²) in [4.78, 5) is 0. The maximum atomic E-state index is 6.73. The van der Waals surface area contributed by atoms with Crippen molar-refractivity contribution in [2.75, 3.05) is 0 Å². The molecule has 0 amide bonds. The largest absolute Gasteiger partial charge is 0.252 e. The van der Waals surface area contributed by atoms with Crippen LogP contribution in [0.2, 0.25) is 30.1 Å². The van der Waals surface area contributed by atoms with E-state index in [4.69, 9.17) is 69.6 Å². The second-order valence-electron chi connectivity index (χ2n) is 6.71. The summed E-state index contributed by atoms with van der Waals surface area (Å²) in [7, 11) is 0. The van der Waals surface area contributed by atoms with Crippen molar-refractivity contribution in [1.29, 1.82) is 0 Å². The summed E-state index contributed by atoms with van der Waals surface area (Å²) in [6.07, 6.45) is 0. The van der Waals surface area contributed by atoms with Gasteiger partial charge in [0.25, 0.3) is 6.71 Å². The Balaban J connectivity index is 2.51. The summed E-state index contributed by atoms with van der Waals surface area (Å²) < 4.78 is 0. The lowest BCUT2D eigenvalue weighted by atomic mass is 9.36. The van der Waals surface area contributed by atoms with Crippen LogP contribution in [0.25, 0.3) is 0 Å². The topological polar surface area (TPSA) is 0 Å². The Morgan fingerprint density at radius 2 is 0.714 bits per heavy atom. The Bertz CT molecular complexity index is 941. The Labute approximate surface area is 195 Å². The van der Waals surface area contributed by atoms with Crippen LogP contribution < -0.4 is 16.4 Å². The van der Waals surface area contributed by atoms with E-state index < -0.39 is 6.71 Å². The van der Waals surface area contributed by atoms with Crippen LogP contribution in [0.15, 0.2) is 36.4 Å². The predicted molar refractivity (Wildman–Crippen MR) is 128 cm³/mol. The Morgan fingerprint density at radius 3 is 0.964 bits per heavy atom. The molecule has 0 spiro atoms. The van der Waals surface area contributed by atoms with Crippen LogP contribution in [0.3, 0.4) is 0 Å². The minimum atomic E-state index is -0.528. The molecule has 0 aliphatic heterocycles. The van der Waals surface area contributed by atoms with Crippen molar-refractivity contribution in [1.82, 2.24) is 0 Å². The van der Waals surface area contributed by atoms with Crippen LogP contribution in [0.1, 0.15) is 16.7 Å². The highest BCUT2D eigenvalue weighted by atomic mass is 35.5. The molecule has 3 aromatic carbocycles. The molecule has 0 saturated heterocycles. The first-order valence-corrected chi connectivity index (χ1v) is 10.7. The summed E-state index contributed by atoms with van der Waals surface area (Å²) in [5, 5.41) is 3.05. The molecule has 0 saturated carbocycles. The van der Waals surface area contributed by atoms with Crippen LogP contribution in [0.5, 0.6) is 0 Å². The zero-order valence-electron chi connectivity index (χ0n) is 15.3. The van der Waals surface area contributed by atoms with Gasteiger partial charge in [0.15, 0.2) is 0 Å². The Morgan fingerprint density at radius 1 is 0.464 bits per heavy atom. The average molecular weight is 491 g/mol. The second-order valence-corrected chi connectivity index (χ2v) is 9.06. The Hall–Kier alpha value is -0.535. The van der Waals surface area contributed by atoms with E-state index in [0.717, 1.165) is 16.7 Å². The van der Waals surface area contributed by atoms with Crippen LogP contribution in [0, 0.1) is 20.8 Å². The first-order valence-electron chi connectivity index (χ1n) is 8.48. The van der Waals surface area contributed by atoms with Crippen molar-refractivity contribution >= 4 is 92.7 Å². The predicted octanol–water partition coefficient (Wildman–Crippen LogP) is 7.05. The van der Waals surface area contributed by atoms with E-state index in [-0.39, 0.29) is 0 Å². The van der Waals surface area contributed by atoms with Gasteiger partial charge in [-0.2, -0.15) is 0 Å². The molecular formula is C21H15BCl6. The normalized spacial score (nSPS) is 11.0. The standard InChI is InChI=1S/C21H15BCl6/c1-10-4-7-13(23)16(19(10)26)22(17-14(24)8-5-11(2)20(17)27)18-15(25)9-6-12(3)21(18)28/h4-9H,1-3H3. The highest BCUT2D eigenvalue weighted by Gasteiger charge is 2.34. The molecule has 0 fully saturated rings. The minimum absolute atomic E-state index is 0.489. The van der Waals surface area contributed by atoms with Crippen LogP contribution in [-0.4, -0.2) is 6.71 Å². The molecule has 0 aromatic heterocycles. The first-order chi connectivity index (χ1) is 13.1. The van der Waals surface area contributed by atoms with Gasteiger partial charge in [0.05, 0.1) is 0 Å². The van der Waals surface area contributed by atoms with E-state index in [1.165, 1.54) is 0 Å². The maximum absolute atomic E-state index is 6.73. The van der Waals surface area contributed by atoms with E-state index in [2.05, 4.69) is 0 Å². The third-order valence-corrected chi connectivity index (χ3v) is 7.32. The molecule has 0 radical (unpaired) electrons. The lowest BCUT2D eigenvalue weighted by molar-refractivity contribution is 1.47. The molecule has 3 rings (SSSR count). The molecular weight excluding hydrogens is 476 g/mol. The lowest BCUT2D eigenvalue weighted by Gasteiger charge is -2.24. The summed E-state index contributed by atoms with van der Waals surface area (Å²) in [5.74, 6) is 0. The Kier molecular flexibility index (Phi) is 6.87. The van der Waals surface area contributed by atoms with Gasteiger partial charge >= 0.3 is 0 Å². The lowest BCUT2D eigenvalue weighted by Crippen LogP contribution is -2.55. The minimum Gasteiger partial charge on any atom is -0.0848 e. The van der Waals surface area contributed by atoms with E-state index in [1.54, 1.807) is 18.2 Å². The smallest absolute Gasteiger partial charge is 0.0848 e. The summed E-state index contributed by atoms with van der Waals surface area (Å²) in [6.45, 7) is 5.22. The SMILES string of the molecule is Cc1ccc(Cl)c(B(c2c(Cl)ccc(C)c2Cl)c2c(Cl)ccc(C)c2Cl)c1Cl. The zero-order valence-corrected chi connectivity index (χ0v) is 19.8. The number of rotatable bonds is 3. The van der Waals surface area contributed by atoms with E-state index in [1.807, 2.05) is 39.0 Å². The third kappa shape index (κ3) is 3.91. The molecule has 0 heterocycles. The van der Waals surface area contributed by atoms with E-state index in [0.29, 0.717) is 46.5 Å². The fourth-order valence-corrected chi connectivity index (χ4v) is 5.03. The number of hydrogen-bond acceptors (Lipinski definition) is 0. The van der Waals surface area contributed by atoms with Crippen molar-refractivity contribution in [3.8, 4) is 0 Å². The van der Waals surface area contributed by atoms with Crippen molar-refractivity contribution < 1.29 is 0 Å². The number of benzene rings is 3. The molecule has 0 nitrogen and oxygen atoms in total. The number of aryl methyl sites for hydroxylation is 3. The fraction of sp³-hybridized carbons (Fsp3) is 0.143. The highest BCUT2D eigenvalue weighted by Crippen LogP contribution is 2.27. The molecule has 0 N–H and O–H groups in total. The monoisotopic (exact) mass is 488 g/mol. The van der Waals surface area contributed by atoms with Gasteiger partial charge in [-0.25, -0.2) is 0 Å². The summed E-state index contributed by atoms with van der Waals surface area (Å²) >= 11 is 40.1. The molecule has 0 aliphatic carbocycles. The summed E-state index contributed by atoms with van der Waals surface area (Å²) in [6, 6.07) is 11.0. The molecule has 0 unspecified atom stereocenters. The number of hydrogen-bond donors (Lipinski definition) is 0. The quantitative estimate of drug-likeness (QED) is 0.345. The van der Waals surface area contributed by atoms with Crippen molar-refractivity contribution in [3.63, 3.8) is 0 Å². The van der Waals surface area contributed by atoms with Gasteiger partial charge in [-0.3, -0.25) is 0 Å². The van der Waals surface area contributed by atoms with Gasteiger partial charge in [0.1, 0.15) is 0 Å². The van der Waals surface area contributed by atoms with Gasteiger partial charge in [-0.05, 0) is 72.0 Å². The molecule has 7 heteroatoms. The molecule has 144 valence electrons. The van der Waals surface area contributed by atoms with Gasteiger partial charge in [0, 0.05) is 30.1 Å². The third-order valence-electron chi connectivity index (χ3n) is 4.82. The van der Waals surface area contributed by atoms with Crippen molar-refractivity contribution in [2.24, 2.45) is 0 Å². The van der Waals surface area contributed by atoms with Gasteiger partial charge in [0.2, 0.25) is 0 Å². The van der Waals surface area contributed by atoms with Crippen molar-refractivity contribution in [3.05, 3.63) is 83.2 Å². The van der Waals surface area contributed by atoms with Crippen LogP contribution >= 0.6 is 69.6 Å². The highest BCUT2D eigenvalue weighted by molar-refractivity contribution is 7.01.